The average Bonchev–Trinajstić information content (AvgIpc) is 3.09. The summed E-state index contributed by atoms with van der Waals surface area (Å²) in [6.45, 7) is 3.32. The van der Waals surface area contributed by atoms with Crippen molar-refractivity contribution in [1.82, 2.24) is 9.78 Å². The summed E-state index contributed by atoms with van der Waals surface area (Å²) >= 11 is 0. The maximum Gasteiger partial charge on any atom is 0.249 e. The van der Waals surface area contributed by atoms with Gasteiger partial charge in [0.15, 0.2) is 5.78 Å². The van der Waals surface area contributed by atoms with Gasteiger partial charge in [-0.05, 0) is 50.2 Å². The Morgan fingerprint density at radius 3 is 2.61 bits per heavy atom. The van der Waals surface area contributed by atoms with E-state index in [1.807, 2.05) is 31.2 Å². The van der Waals surface area contributed by atoms with E-state index in [-0.39, 0.29) is 24.0 Å². The molecule has 0 radical (unpaired) electrons. The smallest absolute Gasteiger partial charge is 0.249 e. The Kier molecular flexibility index (Phi) is 5.29. The van der Waals surface area contributed by atoms with Gasteiger partial charge >= 0.3 is 0 Å². The number of hydrogen-bond donors (Lipinski definition) is 2. The van der Waals surface area contributed by atoms with E-state index in [2.05, 4.69) is 15.7 Å². The first kappa shape index (κ1) is 20.3. The molecule has 0 fully saturated rings. The van der Waals surface area contributed by atoms with Crippen LogP contribution in [-0.4, -0.2) is 34.5 Å². The van der Waals surface area contributed by atoms with Gasteiger partial charge in [-0.1, -0.05) is 12.1 Å². The van der Waals surface area contributed by atoms with Crippen molar-refractivity contribution in [2.45, 2.75) is 26.3 Å². The van der Waals surface area contributed by atoms with Crippen LogP contribution in [0.2, 0.25) is 0 Å². The number of nitrogens with zero attached hydrogens (tertiary/aromatic N) is 2. The number of anilines is 2. The molecule has 1 aliphatic heterocycles. The van der Waals surface area contributed by atoms with E-state index in [0.29, 0.717) is 22.8 Å². The Labute approximate surface area is 179 Å². The molecule has 2 N–H and O–H groups in total. The molecule has 2 aromatic carbocycles. The number of Topliss-reactive ketones (excluding diaryl/α,β-unsaturated/α-hetero) is 1. The van der Waals surface area contributed by atoms with Crippen LogP contribution in [0.3, 0.4) is 0 Å². The summed E-state index contributed by atoms with van der Waals surface area (Å²) in [5, 5.41) is 10.3. The molecule has 158 valence electrons. The van der Waals surface area contributed by atoms with Crippen molar-refractivity contribution in [1.29, 1.82) is 0 Å². The lowest BCUT2D eigenvalue weighted by Crippen LogP contribution is -2.36. The molecule has 0 spiro atoms. The molecular formula is C23H22N4O4. The van der Waals surface area contributed by atoms with Gasteiger partial charge in [0.1, 0.15) is 17.6 Å². The van der Waals surface area contributed by atoms with Crippen LogP contribution in [0.15, 0.2) is 48.5 Å². The summed E-state index contributed by atoms with van der Waals surface area (Å²) in [6, 6.07) is 13.3. The molecule has 1 unspecified atom stereocenters. The van der Waals surface area contributed by atoms with Crippen LogP contribution < -0.4 is 15.4 Å². The van der Waals surface area contributed by atoms with Gasteiger partial charge in [-0.2, -0.15) is 5.10 Å². The SMILES string of the molecule is COc1ccc(-c2nn3c(c2C)NC(=O)CC3C(=O)Nc2cccc(C(C)=O)c2)cc1. The highest BCUT2D eigenvalue weighted by molar-refractivity contribution is 6.03. The number of ether oxygens (including phenoxy) is 1. The van der Waals surface area contributed by atoms with E-state index >= 15 is 0 Å². The maximum atomic E-state index is 13.0. The van der Waals surface area contributed by atoms with Crippen molar-refractivity contribution in [3.8, 4) is 17.0 Å². The Bertz CT molecular complexity index is 1180. The van der Waals surface area contributed by atoms with Crippen LogP contribution in [0.5, 0.6) is 5.75 Å². The minimum atomic E-state index is -0.810. The van der Waals surface area contributed by atoms with E-state index in [1.165, 1.54) is 6.92 Å². The van der Waals surface area contributed by atoms with Crippen LogP contribution in [0.1, 0.15) is 35.3 Å². The number of methoxy groups -OCH3 is 1. The maximum absolute atomic E-state index is 13.0. The van der Waals surface area contributed by atoms with E-state index < -0.39 is 6.04 Å². The van der Waals surface area contributed by atoms with E-state index in [4.69, 9.17) is 4.74 Å². The topological polar surface area (TPSA) is 102 Å². The molecule has 0 bridgehead atoms. The number of hydrogen-bond acceptors (Lipinski definition) is 5. The van der Waals surface area contributed by atoms with Crippen molar-refractivity contribution in [3.63, 3.8) is 0 Å². The number of amides is 2. The third kappa shape index (κ3) is 3.92. The second-order valence-corrected chi connectivity index (χ2v) is 7.39. The molecule has 8 heteroatoms. The largest absolute Gasteiger partial charge is 0.497 e. The van der Waals surface area contributed by atoms with E-state index in [1.54, 1.807) is 36.1 Å². The monoisotopic (exact) mass is 418 g/mol. The fraction of sp³-hybridized carbons (Fsp3) is 0.217. The summed E-state index contributed by atoms with van der Waals surface area (Å²) in [7, 11) is 1.60. The molecule has 2 amide bonds. The Morgan fingerprint density at radius 2 is 1.94 bits per heavy atom. The van der Waals surface area contributed by atoms with Crippen molar-refractivity contribution < 1.29 is 19.1 Å². The number of ketones is 1. The Balaban J connectivity index is 1.66. The zero-order valence-electron chi connectivity index (χ0n) is 17.4. The highest BCUT2D eigenvalue weighted by Gasteiger charge is 2.34. The van der Waals surface area contributed by atoms with Crippen molar-refractivity contribution >= 4 is 29.1 Å². The molecule has 4 rings (SSSR count). The highest BCUT2D eigenvalue weighted by Crippen LogP contribution is 2.35. The van der Waals surface area contributed by atoms with Gasteiger partial charge in [-0.25, -0.2) is 4.68 Å². The average molecular weight is 418 g/mol. The number of nitrogens with one attached hydrogen (secondary N) is 2. The quantitative estimate of drug-likeness (QED) is 0.617. The summed E-state index contributed by atoms with van der Waals surface area (Å²) in [4.78, 5) is 37.0. The lowest BCUT2D eigenvalue weighted by Gasteiger charge is -2.24. The number of fused-ring (bicyclic) bond motifs is 1. The third-order valence-electron chi connectivity index (χ3n) is 5.28. The van der Waals surface area contributed by atoms with Crippen LogP contribution in [0.25, 0.3) is 11.3 Å². The minimum absolute atomic E-state index is 0.0333. The number of aromatic nitrogens is 2. The van der Waals surface area contributed by atoms with Gasteiger partial charge in [0.05, 0.1) is 19.2 Å². The zero-order valence-corrected chi connectivity index (χ0v) is 17.4. The molecule has 2 heterocycles. The lowest BCUT2D eigenvalue weighted by atomic mass is 10.1. The number of carbonyl (C=O) groups excluding carboxylic acids is 3. The third-order valence-corrected chi connectivity index (χ3v) is 5.28. The summed E-state index contributed by atoms with van der Waals surface area (Å²) < 4.78 is 6.76. The molecule has 8 nitrogen and oxygen atoms in total. The van der Waals surface area contributed by atoms with Crippen LogP contribution in [0, 0.1) is 6.92 Å². The van der Waals surface area contributed by atoms with Crippen molar-refractivity contribution in [2.75, 3.05) is 17.7 Å². The van der Waals surface area contributed by atoms with Crippen molar-refractivity contribution in [2.24, 2.45) is 0 Å². The van der Waals surface area contributed by atoms with Gasteiger partial charge in [-0.15, -0.1) is 0 Å². The number of rotatable bonds is 5. The number of benzene rings is 2. The predicted molar refractivity (Wildman–Crippen MR) is 116 cm³/mol. The second kappa shape index (κ2) is 8.06. The summed E-state index contributed by atoms with van der Waals surface area (Å²) in [5.41, 5.74) is 3.29. The van der Waals surface area contributed by atoms with Crippen LogP contribution >= 0.6 is 0 Å². The normalized spacial score (nSPS) is 15.1. The van der Waals surface area contributed by atoms with Gasteiger partial charge in [0.25, 0.3) is 0 Å². The number of carbonyl (C=O) groups is 3. The lowest BCUT2D eigenvalue weighted by molar-refractivity contribution is -0.125. The van der Waals surface area contributed by atoms with Gasteiger partial charge < -0.3 is 15.4 Å². The van der Waals surface area contributed by atoms with Crippen LogP contribution in [-0.2, 0) is 9.59 Å². The van der Waals surface area contributed by atoms with E-state index in [9.17, 15) is 14.4 Å². The Hall–Kier alpha value is -3.94. The first-order valence-corrected chi connectivity index (χ1v) is 9.82. The first-order valence-electron chi connectivity index (χ1n) is 9.82. The molecule has 1 aliphatic rings. The zero-order chi connectivity index (χ0) is 22.1. The summed E-state index contributed by atoms with van der Waals surface area (Å²) in [6.07, 6.45) is -0.0333. The Morgan fingerprint density at radius 1 is 1.19 bits per heavy atom. The molecule has 31 heavy (non-hydrogen) atoms. The molecular weight excluding hydrogens is 396 g/mol. The standard InChI is InChI=1S/C23H22N4O4/c1-13-21(15-7-9-18(31-3)10-8-15)26-27-19(12-20(29)25-22(13)27)23(30)24-17-6-4-5-16(11-17)14(2)28/h4-11,19H,12H2,1-3H3,(H,24,30)(H,25,29). The van der Waals surface area contributed by atoms with Crippen LogP contribution in [0.4, 0.5) is 11.5 Å². The minimum Gasteiger partial charge on any atom is -0.497 e. The molecule has 0 saturated heterocycles. The fourth-order valence-corrected chi connectivity index (χ4v) is 3.61. The van der Waals surface area contributed by atoms with Gasteiger partial charge in [-0.3, -0.25) is 14.4 Å². The molecule has 3 aromatic rings. The van der Waals surface area contributed by atoms with E-state index in [0.717, 1.165) is 16.9 Å². The fourth-order valence-electron chi connectivity index (χ4n) is 3.61. The molecule has 0 saturated carbocycles. The van der Waals surface area contributed by atoms with Gasteiger partial charge in [0.2, 0.25) is 11.8 Å². The first-order chi connectivity index (χ1) is 14.9. The molecule has 1 atom stereocenters. The predicted octanol–water partition coefficient (Wildman–Crippen LogP) is 3.59. The summed E-state index contributed by atoms with van der Waals surface area (Å²) in [5.74, 6) is 0.501. The van der Waals surface area contributed by atoms with Crippen molar-refractivity contribution in [3.05, 3.63) is 59.7 Å². The molecule has 1 aromatic heterocycles. The second-order valence-electron chi connectivity index (χ2n) is 7.39. The molecule has 0 aliphatic carbocycles. The highest BCUT2D eigenvalue weighted by atomic mass is 16.5. The van der Waals surface area contributed by atoms with Gasteiger partial charge in [0, 0.05) is 22.4 Å².